The summed E-state index contributed by atoms with van der Waals surface area (Å²) in [7, 11) is -2.90. The fraction of sp³-hybridized carbons (Fsp3) is 1.00. The van der Waals surface area contributed by atoms with Crippen LogP contribution in [0.4, 0.5) is 0 Å². The van der Waals surface area contributed by atoms with E-state index in [1.165, 1.54) is 193 Å². The van der Waals surface area contributed by atoms with Gasteiger partial charge in [0, 0.05) is 6.16 Å². The first kappa shape index (κ1) is 43.1. The van der Waals surface area contributed by atoms with Crippen molar-refractivity contribution in [3.8, 4) is 0 Å². The van der Waals surface area contributed by atoms with E-state index in [0.29, 0.717) is 19.4 Å². The Labute approximate surface area is 272 Å². The summed E-state index contributed by atoms with van der Waals surface area (Å²) in [6.45, 7) is 7.84. The molecule has 260 valence electrons. The molecule has 0 aromatic rings. The highest BCUT2D eigenvalue weighted by Crippen LogP contribution is 2.49. The van der Waals surface area contributed by atoms with Gasteiger partial charge >= 0.3 is 7.60 Å². The van der Waals surface area contributed by atoms with E-state index in [9.17, 15) is 4.57 Å². The van der Waals surface area contributed by atoms with Crippen LogP contribution in [0.2, 0.25) is 0 Å². The van der Waals surface area contributed by atoms with Gasteiger partial charge in [0.2, 0.25) is 0 Å². The van der Waals surface area contributed by atoms with Gasteiger partial charge in [0.25, 0.3) is 0 Å². The van der Waals surface area contributed by atoms with Crippen molar-refractivity contribution in [1.82, 2.24) is 0 Å². The zero-order valence-electron chi connectivity index (χ0n) is 30.1. The molecule has 0 radical (unpaired) electrons. The van der Waals surface area contributed by atoms with E-state index in [1.54, 1.807) is 0 Å². The molecule has 43 heavy (non-hydrogen) atoms. The lowest BCUT2D eigenvalue weighted by atomic mass is 10.0. The molecule has 0 saturated carbocycles. The molecule has 0 unspecified atom stereocenters. The van der Waals surface area contributed by atoms with Gasteiger partial charge in [0.05, 0.1) is 13.2 Å². The van der Waals surface area contributed by atoms with E-state index in [0.717, 1.165) is 19.3 Å². The average molecular weight is 629 g/mol. The van der Waals surface area contributed by atoms with E-state index >= 15 is 0 Å². The van der Waals surface area contributed by atoms with Crippen molar-refractivity contribution in [3.05, 3.63) is 0 Å². The van der Waals surface area contributed by atoms with Crippen LogP contribution in [0.1, 0.15) is 233 Å². The SMILES string of the molecule is CCCCCCCCCCCCCCCCCCOP(=O)(CCC)OCCCCCCCCCCCCCCCCCC. The summed E-state index contributed by atoms with van der Waals surface area (Å²) in [5.41, 5.74) is 0. The lowest BCUT2D eigenvalue weighted by molar-refractivity contribution is 0.197. The monoisotopic (exact) mass is 629 g/mol. The molecule has 0 atom stereocenters. The topological polar surface area (TPSA) is 35.5 Å². The highest BCUT2D eigenvalue weighted by Gasteiger charge is 2.22. The largest absolute Gasteiger partial charge is 0.330 e. The van der Waals surface area contributed by atoms with Crippen LogP contribution in [-0.2, 0) is 13.6 Å². The highest BCUT2D eigenvalue weighted by atomic mass is 31.2. The van der Waals surface area contributed by atoms with Crippen LogP contribution in [0, 0.1) is 0 Å². The molecule has 0 bridgehead atoms. The molecule has 0 aliphatic rings. The van der Waals surface area contributed by atoms with Crippen molar-refractivity contribution in [3.63, 3.8) is 0 Å². The molecule has 0 spiro atoms. The van der Waals surface area contributed by atoms with Crippen molar-refractivity contribution in [1.29, 1.82) is 0 Å². The Bertz CT molecular complexity index is 511. The van der Waals surface area contributed by atoms with E-state index in [-0.39, 0.29) is 0 Å². The van der Waals surface area contributed by atoms with E-state index < -0.39 is 7.60 Å². The number of hydrogen-bond acceptors (Lipinski definition) is 3. The van der Waals surface area contributed by atoms with Gasteiger partial charge in [-0.3, -0.25) is 4.57 Å². The Hall–Kier alpha value is 0.150. The Morgan fingerprint density at radius 2 is 0.512 bits per heavy atom. The smallest absolute Gasteiger partial charge is 0.309 e. The number of rotatable bonds is 38. The molecule has 0 rings (SSSR count). The minimum Gasteiger partial charge on any atom is -0.309 e. The molecule has 0 aromatic heterocycles. The Morgan fingerprint density at radius 1 is 0.302 bits per heavy atom. The quantitative estimate of drug-likeness (QED) is 0.0504. The lowest BCUT2D eigenvalue weighted by Crippen LogP contribution is -2.03. The van der Waals surface area contributed by atoms with E-state index in [4.69, 9.17) is 9.05 Å². The van der Waals surface area contributed by atoms with Gasteiger partial charge in [0.1, 0.15) is 0 Å². The van der Waals surface area contributed by atoms with Crippen LogP contribution in [0.15, 0.2) is 0 Å². The molecule has 0 amide bonds. The third-order valence-corrected chi connectivity index (χ3v) is 11.2. The Kier molecular flexibility index (Phi) is 36.7. The van der Waals surface area contributed by atoms with Gasteiger partial charge in [-0.15, -0.1) is 0 Å². The highest BCUT2D eigenvalue weighted by molar-refractivity contribution is 7.53. The molecule has 0 saturated heterocycles. The minimum atomic E-state index is -2.90. The molecule has 0 aliphatic heterocycles. The van der Waals surface area contributed by atoms with Crippen molar-refractivity contribution in [2.24, 2.45) is 0 Å². The van der Waals surface area contributed by atoms with Crippen LogP contribution in [0.5, 0.6) is 0 Å². The molecule has 0 aromatic carbocycles. The van der Waals surface area contributed by atoms with Crippen molar-refractivity contribution in [2.45, 2.75) is 233 Å². The van der Waals surface area contributed by atoms with Gasteiger partial charge in [0.15, 0.2) is 0 Å². The molecule has 0 aliphatic carbocycles. The van der Waals surface area contributed by atoms with Gasteiger partial charge in [-0.2, -0.15) is 0 Å². The second-order valence-corrected chi connectivity index (χ2v) is 15.8. The molecule has 0 heterocycles. The van der Waals surface area contributed by atoms with E-state index in [2.05, 4.69) is 20.8 Å². The first-order valence-corrected chi connectivity index (χ1v) is 21.8. The predicted molar refractivity (Wildman–Crippen MR) is 194 cm³/mol. The van der Waals surface area contributed by atoms with Gasteiger partial charge < -0.3 is 9.05 Å². The summed E-state index contributed by atoms with van der Waals surface area (Å²) >= 11 is 0. The van der Waals surface area contributed by atoms with Crippen molar-refractivity contribution >= 4 is 7.60 Å². The first-order valence-electron chi connectivity index (χ1n) is 20.1. The Balaban J connectivity index is 3.48. The second-order valence-electron chi connectivity index (χ2n) is 13.6. The van der Waals surface area contributed by atoms with E-state index in [1.807, 2.05) is 0 Å². The maximum absolute atomic E-state index is 13.1. The normalized spacial score (nSPS) is 12.0. The van der Waals surface area contributed by atoms with Crippen LogP contribution in [-0.4, -0.2) is 19.4 Å². The van der Waals surface area contributed by atoms with Crippen LogP contribution >= 0.6 is 7.60 Å². The Morgan fingerprint density at radius 3 is 0.721 bits per heavy atom. The summed E-state index contributed by atoms with van der Waals surface area (Å²) in [6.07, 6.45) is 45.1. The molecule has 4 heteroatoms. The van der Waals surface area contributed by atoms with Gasteiger partial charge in [-0.1, -0.05) is 213 Å². The van der Waals surface area contributed by atoms with Gasteiger partial charge in [-0.05, 0) is 19.3 Å². The summed E-state index contributed by atoms with van der Waals surface area (Å²) in [4.78, 5) is 0. The summed E-state index contributed by atoms with van der Waals surface area (Å²) in [6, 6.07) is 0. The maximum atomic E-state index is 13.1. The number of unbranched alkanes of at least 4 members (excludes halogenated alkanes) is 30. The van der Waals surface area contributed by atoms with Gasteiger partial charge in [-0.25, -0.2) is 0 Å². The van der Waals surface area contributed by atoms with Crippen LogP contribution in [0.3, 0.4) is 0 Å². The van der Waals surface area contributed by atoms with Crippen molar-refractivity contribution < 1.29 is 13.6 Å². The second kappa shape index (κ2) is 36.6. The maximum Gasteiger partial charge on any atom is 0.330 e. The molecular weight excluding hydrogens is 547 g/mol. The lowest BCUT2D eigenvalue weighted by Gasteiger charge is -2.18. The molecule has 0 N–H and O–H groups in total. The zero-order valence-corrected chi connectivity index (χ0v) is 31.0. The fourth-order valence-electron chi connectivity index (χ4n) is 6.15. The third-order valence-electron chi connectivity index (χ3n) is 9.07. The van der Waals surface area contributed by atoms with Crippen LogP contribution < -0.4 is 0 Å². The summed E-state index contributed by atoms with van der Waals surface area (Å²) < 4.78 is 24.8. The third kappa shape index (κ3) is 34.9. The van der Waals surface area contributed by atoms with Crippen LogP contribution in [0.25, 0.3) is 0 Å². The van der Waals surface area contributed by atoms with Crippen molar-refractivity contribution in [2.75, 3.05) is 19.4 Å². The first-order chi connectivity index (χ1) is 21.2. The standard InChI is InChI=1S/C39H81O3P/c1-4-7-9-11-13-15-17-19-21-23-25-27-29-31-33-35-37-41-43(40,39-6-3)42-38-36-34-32-30-28-26-24-22-20-18-16-14-12-10-8-5-2/h4-39H2,1-3H3. The average Bonchev–Trinajstić information content (AvgIpc) is 3.00. The molecular formula is C39H81O3P. The summed E-state index contributed by atoms with van der Waals surface area (Å²) in [5.74, 6) is 0. The molecule has 0 fully saturated rings. The molecule has 3 nitrogen and oxygen atoms in total. The predicted octanol–water partition coefficient (Wildman–Crippen LogP) is 15.1. The fourth-order valence-corrected chi connectivity index (χ4v) is 7.84. The minimum absolute atomic E-state index is 0.560. The zero-order chi connectivity index (χ0) is 31.4. The number of hydrogen-bond donors (Lipinski definition) is 0. The summed E-state index contributed by atoms with van der Waals surface area (Å²) in [5, 5.41) is 0.